The summed E-state index contributed by atoms with van der Waals surface area (Å²) in [5.74, 6) is 2.42. The third-order valence-electron chi connectivity index (χ3n) is 8.23. The molecule has 2 aliphatic heterocycles. The Kier molecular flexibility index (Phi) is 6.10. The molecule has 2 atom stereocenters. The van der Waals surface area contributed by atoms with Crippen molar-refractivity contribution in [3.63, 3.8) is 0 Å². The van der Waals surface area contributed by atoms with Gasteiger partial charge in [-0.2, -0.15) is 0 Å². The molecule has 5 heteroatoms. The van der Waals surface area contributed by atoms with E-state index in [1.165, 1.54) is 56.9 Å². The number of rotatable bonds is 5. The van der Waals surface area contributed by atoms with Crippen LogP contribution in [-0.4, -0.2) is 43.5 Å². The van der Waals surface area contributed by atoms with Gasteiger partial charge in [-0.3, -0.25) is 9.69 Å². The summed E-state index contributed by atoms with van der Waals surface area (Å²) in [6.45, 7) is 6.31. The zero-order chi connectivity index (χ0) is 20.6. The van der Waals surface area contributed by atoms with Gasteiger partial charge in [0, 0.05) is 26.2 Å². The summed E-state index contributed by atoms with van der Waals surface area (Å²) in [5.41, 5.74) is 2.18. The fourth-order valence-corrected chi connectivity index (χ4v) is 7.08. The molecule has 2 saturated heterocycles. The number of nitrogens with one attached hydrogen (secondary N) is 2. The van der Waals surface area contributed by atoms with Gasteiger partial charge < -0.3 is 10.6 Å². The van der Waals surface area contributed by atoms with Gasteiger partial charge in [0.1, 0.15) is 0 Å². The second-order valence-electron chi connectivity index (χ2n) is 10.7. The van der Waals surface area contributed by atoms with Gasteiger partial charge in [-0.25, -0.2) is 0 Å². The smallest absolute Gasteiger partial charge is 0.252 e. The molecule has 2 unspecified atom stereocenters. The lowest BCUT2D eigenvalue weighted by atomic mass is 9.62. The van der Waals surface area contributed by atoms with Gasteiger partial charge in [0.15, 0.2) is 0 Å². The number of benzene rings is 1. The highest BCUT2D eigenvalue weighted by Gasteiger charge is 2.39. The van der Waals surface area contributed by atoms with Crippen LogP contribution in [0.25, 0.3) is 0 Å². The van der Waals surface area contributed by atoms with Crippen molar-refractivity contribution in [2.75, 3.05) is 32.7 Å². The molecule has 5 rings (SSSR count). The summed E-state index contributed by atoms with van der Waals surface area (Å²) in [7, 11) is 0. The monoisotopic (exact) mass is 429 g/mol. The highest BCUT2D eigenvalue weighted by Crippen LogP contribution is 2.48. The largest absolute Gasteiger partial charge is 0.351 e. The molecule has 0 aromatic heterocycles. The average Bonchev–Trinajstić information content (AvgIpc) is 2.73. The summed E-state index contributed by atoms with van der Waals surface area (Å²) >= 11 is 6.45. The first kappa shape index (κ1) is 20.8. The van der Waals surface area contributed by atoms with Crippen LogP contribution in [0.4, 0.5) is 0 Å². The number of halogens is 1. The van der Waals surface area contributed by atoms with Crippen LogP contribution in [0, 0.1) is 23.2 Å². The molecule has 1 aromatic rings. The maximum absolute atomic E-state index is 13.1. The van der Waals surface area contributed by atoms with Crippen LogP contribution in [0.2, 0.25) is 5.02 Å². The Labute approximate surface area is 186 Å². The molecule has 1 aromatic carbocycles. The van der Waals surface area contributed by atoms with Crippen LogP contribution in [0.1, 0.15) is 67.3 Å². The van der Waals surface area contributed by atoms with Gasteiger partial charge in [-0.05, 0) is 79.6 Å². The van der Waals surface area contributed by atoms with Crippen LogP contribution < -0.4 is 10.6 Å². The number of hydrogen-bond donors (Lipinski definition) is 2. The average molecular weight is 430 g/mol. The predicted molar refractivity (Wildman–Crippen MR) is 122 cm³/mol. The van der Waals surface area contributed by atoms with Crippen LogP contribution in [0.3, 0.4) is 0 Å². The van der Waals surface area contributed by atoms with E-state index in [1.54, 1.807) is 0 Å². The number of fused-ring (bicyclic) bond motifs is 4. The van der Waals surface area contributed by atoms with Crippen molar-refractivity contribution >= 4 is 17.5 Å². The lowest BCUT2D eigenvalue weighted by Crippen LogP contribution is -2.50. The number of piperidine rings is 2. The molecular weight excluding hydrogens is 394 g/mol. The lowest BCUT2D eigenvalue weighted by Gasteiger charge is -2.45. The number of hydrogen-bond acceptors (Lipinski definition) is 3. The van der Waals surface area contributed by atoms with Crippen molar-refractivity contribution < 1.29 is 4.79 Å². The molecule has 1 amide bonds. The molecule has 2 aliphatic carbocycles. The van der Waals surface area contributed by atoms with Crippen LogP contribution >= 0.6 is 11.6 Å². The quantitative estimate of drug-likeness (QED) is 0.725. The van der Waals surface area contributed by atoms with Crippen molar-refractivity contribution in [3.8, 4) is 0 Å². The SMILES string of the molecule is O=C(NCC12CCCC(CCC1)C2)c1cc(CN2CC3CNCC(C3)C2)ccc1Cl. The number of carbonyl (C=O) groups excluding carboxylic acids is 1. The van der Waals surface area contributed by atoms with E-state index >= 15 is 0 Å². The molecule has 4 fully saturated rings. The molecule has 4 bridgehead atoms. The van der Waals surface area contributed by atoms with Crippen LogP contribution in [0.5, 0.6) is 0 Å². The molecular formula is C25H36ClN3O. The second kappa shape index (κ2) is 8.80. The summed E-state index contributed by atoms with van der Waals surface area (Å²) in [6.07, 6.45) is 10.6. The van der Waals surface area contributed by atoms with E-state index in [0.717, 1.165) is 57.0 Å². The zero-order valence-electron chi connectivity index (χ0n) is 18.1. The molecule has 2 saturated carbocycles. The minimum atomic E-state index is 0.00337. The van der Waals surface area contributed by atoms with E-state index in [2.05, 4.69) is 21.6 Å². The first-order valence-electron chi connectivity index (χ1n) is 12.1. The highest BCUT2D eigenvalue weighted by molar-refractivity contribution is 6.33. The molecule has 4 nitrogen and oxygen atoms in total. The topological polar surface area (TPSA) is 44.4 Å². The van der Waals surface area contributed by atoms with Crippen LogP contribution in [-0.2, 0) is 6.54 Å². The third-order valence-corrected chi connectivity index (χ3v) is 8.56. The molecule has 2 heterocycles. The Hall–Kier alpha value is -1.10. The van der Waals surface area contributed by atoms with Crippen molar-refractivity contribution in [3.05, 3.63) is 34.3 Å². The fraction of sp³-hybridized carbons (Fsp3) is 0.720. The van der Waals surface area contributed by atoms with Crippen molar-refractivity contribution in [1.29, 1.82) is 0 Å². The van der Waals surface area contributed by atoms with E-state index in [0.29, 0.717) is 16.0 Å². The Morgan fingerprint density at radius 2 is 1.87 bits per heavy atom. The second-order valence-corrected chi connectivity index (χ2v) is 11.1. The summed E-state index contributed by atoms with van der Waals surface area (Å²) in [4.78, 5) is 15.6. The van der Waals surface area contributed by atoms with Crippen LogP contribution in [0.15, 0.2) is 18.2 Å². The molecule has 0 radical (unpaired) electrons. The maximum atomic E-state index is 13.1. The van der Waals surface area contributed by atoms with E-state index in [9.17, 15) is 4.79 Å². The number of carbonyl (C=O) groups is 1. The number of amides is 1. The molecule has 0 spiro atoms. The maximum Gasteiger partial charge on any atom is 0.252 e. The van der Waals surface area contributed by atoms with Crippen molar-refractivity contribution in [1.82, 2.24) is 15.5 Å². The fourth-order valence-electron chi connectivity index (χ4n) is 6.88. The zero-order valence-corrected chi connectivity index (χ0v) is 18.9. The molecule has 4 aliphatic rings. The standard InChI is InChI=1S/C25H36ClN3O/c26-23-6-5-19(14-29-15-20-9-21(16-29)13-27-12-20)10-22(23)24(30)28-17-25-7-1-3-18(11-25)4-2-8-25/h5-6,10,18,20-21,27H,1-4,7-9,11-17H2,(H,28,30). The van der Waals surface area contributed by atoms with E-state index < -0.39 is 0 Å². The minimum absolute atomic E-state index is 0.00337. The highest BCUT2D eigenvalue weighted by atomic mass is 35.5. The van der Waals surface area contributed by atoms with Crippen molar-refractivity contribution in [2.24, 2.45) is 23.2 Å². The van der Waals surface area contributed by atoms with Gasteiger partial charge in [0.25, 0.3) is 5.91 Å². The first-order chi connectivity index (χ1) is 14.6. The Bertz CT molecular complexity index is 760. The Balaban J connectivity index is 1.22. The predicted octanol–water partition coefficient (Wildman–Crippen LogP) is 4.47. The molecule has 2 N–H and O–H groups in total. The minimum Gasteiger partial charge on any atom is -0.351 e. The summed E-state index contributed by atoms with van der Waals surface area (Å²) in [5, 5.41) is 7.40. The van der Waals surface area contributed by atoms with Gasteiger partial charge >= 0.3 is 0 Å². The van der Waals surface area contributed by atoms with E-state index in [-0.39, 0.29) is 5.91 Å². The van der Waals surface area contributed by atoms with Gasteiger partial charge in [0.2, 0.25) is 0 Å². The number of likely N-dealkylation sites (tertiary alicyclic amines) is 1. The first-order valence-corrected chi connectivity index (χ1v) is 12.5. The Morgan fingerprint density at radius 3 is 2.60 bits per heavy atom. The summed E-state index contributed by atoms with van der Waals surface area (Å²) in [6, 6.07) is 6.03. The molecule has 164 valence electrons. The normalized spacial score (nSPS) is 33.8. The summed E-state index contributed by atoms with van der Waals surface area (Å²) < 4.78 is 0. The van der Waals surface area contributed by atoms with Crippen molar-refractivity contribution in [2.45, 2.75) is 57.9 Å². The lowest BCUT2D eigenvalue weighted by molar-refractivity contribution is 0.0681. The van der Waals surface area contributed by atoms with Gasteiger partial charge in [0.05, 0.1) is 10.6 Å². The van der Waals surface area contributed by atoms with Gasteiger partial charge in [-0.15, -0.1) is 0 Å². The number of nitrogens with zero attached hydrogens (tertiary/aromatic N) is 1. The van der Waals surface area contributed by atoms with E-state index in [1.807, 2.05) is 12.1 Å². The van der Waals surface area contributed by atoms with Gasteiger partial charge in [-0.1, -0.05) is 43.4 Å². The van der Waals surface area contributed by atoms with E-state index in [4.69, 9.17) is 11.6 Å². The molecule has 30 heavy (non-hydrogen) atoms. The Morgan fingerprint density at radius 1 is 1.13 bits per heavy atom. The third kappa shape index (κ3) is 4.56.